The third-order valence-corrected chi connectivity index (χ3v) is 5.00. The molecule has 0 spiro atoms. The number of amides is 2. The van der Waals surface area contributed by atoms with Crippen molar-refractivity contribution in [3.05, 3.63) is 95.9 Å². The Hall–Kier alpha value is -3.93. The molecule has 30 heavy (non-hydrogen) atoms. The summed E-state index contributed by atoms with van der Waals surface area (Å²) in [6.45, 7) is 0. The van der Waals surface area contributed by atoms with Crippen LogP contribution in [0.2, 0.25) is 0 Å². The number of imide groups is 1. The van der Waals surface area contributed by atoms with Crippen molar-refractivity contribution in [2.45, 2.75) is 0 Å². The van der Waals surface area contributed by atoms with E-state index in [0.717, 1.165) is 10.6 Å². The summed E-state index contributed by atoms with van der Waals surface area (Å²) < 4.78 is 18.6. The van der Waals surface area contributed by atoms with E-state index in [1.165, 1.54) is 24.3 Å². The van der Waals surface area contributed by atoms with Gasteiger partial charge in [0, 0.05) is 12.7 Å². The number of anilines is 2. The molecule has 5 nitrogen and oxygen atoms in total. The number of nitrogens with zero attached hydrogens (tertiary/aromatic N) is 2. The van der Waals surface area contributed by atoms with Crippen LogP contribution in [0.5, 0.6) is 5.75 Å². The van der Waals surface area contributed by atoms with E-state index in [9.17, 15) is 14.0 Å². The van der Waals surface area contributed by atoms with E-state index in [1.54, 1.807) is 43.3 Å². The molecule has 1 aliphatic heterocycles. The van der Waals surface area contributed by atoms with Crippen molar-refractivity contribution >= 4 is 28.8 Å². The number of para-hydroxylation sites is 1. The molecule has 0 saturated heterocycles. The molecule has 0 unspecified atom stereocenters. The van der Waals surface area contributed by atoms with E-state index in [-0.39, 0.29) is 11.3 Å². The van der Waals surface area contributed by atoms with Gasteiger partial charge in [-0.3, -0.25) is 9.59 Å². The number of carbonyl (C=O) groups is 2. The Balaban J connectivity index is 1.84. The van der Waals surface area contributed by atoms with Crippen LogP contribution in [0.3, 0.4) is 0 Å². The van der Waals surface area contributed by atoms with Crippen molar-refractivity contribution in [3.8, 4) is 5.75 Å². The van der Waals surface area contributed by atoms with Gasteiger partial charge in [-0.25, -0.2) is 9.29 Å². The second-order valence-corrected chi connectivity index (χ2v) is 6.77. The molecular weight excluding hydrogens is 383 g/mol. The third-order valence-electron chi connectivity index (χ3n) is 5.00. The summed E-state index contributed by atoms with van der Waals surface area (Å²) in [5, 5.41) is 0. The van der Waals surface area contributed by atoms with Gasteiger partial charge >= 0.3 is 0 Å². The number of methoxy groups -OCH3 is 1. The van der Waals surface area contributed by atoms with Gasteiger partial charge in [0.25, 0.3) is 11.8 Å². The lowest BCUT2D eigenvalue weighted by molar-refractivity contribution is -0.120. The Kier molecular flexibility index (Phi) is 5.06. The average Bonchev–Trinajstić information content (AvgIpc) is 3.04. The Morgan fingerprint density at radius 1 is 0.833 bits per heavy atom. The quantitative estimate of drug-likeness (QED) is 0.599. The highest BCUT2D eigenvalue weighted by atomic mass is 19.1. The van der Waals surface area contributed by atoms with E-state index >= 15 is 0 Å². The molecule has 0 radical (unpaired) electrons. The van der Waals surface area contributed by atoms with Crippen molar-refractivity contribution in [2.75, 3.05) is 24.0 Å². The zero-order valence-electron chi connectivity index (χ0n) is 16.5. The van der Waals surface area contributed by atoms with E-state index in [4.69, 9.17) is 4.74 Å². The van der Waals surface area contributed by atoms with Crippen molar-refractivity contribution in [2.24, 2.45) is 0 Å². The molecule has 0 N–H and O–H groups in total. The molecule has 0 fully saturated rings. The van der Waals surface area contributed by atoms with E-state index in [0.29, 0.717) is 17.0 Å². The molecule has 0 saturated carbocycles. The lowest BCUT2D eigenvalue weighted by Gasteiger charge is -2.21. The van der Waals surface area contributed by atoms with Gasteiger partial charge in [0.05, 0.1) is 18.4 Å². The third kappa shape index (κ3) is 3.33. The molecule has 0 bridgehead atoms. The molecular formula is C24H19FN2O3. The zero-order valence-corrected chi connectivity index (χ0v) is 16.5. The Labute approximate surface area is 173 Å². The summed E-state index contributed by atoms with van der Waals surface area (Å²) in [4.78, 5) is 29.6. The van der Waals surface area contributed by atoms with Crippen molar-refractivity contribution in [1.82, 2.24) is 0 Å². The van der Waals surface area contributed by atoms with Gasteiger partial charge in [0.1, 0.15) is 17.3 Å². The highest BCUT2D eigenvalue weighted by Gasteiger charge is 2.42. The molecule has 3 aromatic carbocycles. The van der Waals surface area contributed by atoms with Gasteiger partial charge in [0.15, 0.2) is 0 Å². The fourth-order valence-corrected chi connectivity index (χ4v) is 3.45. The first-order valence-electron chi connectivity index (χ1n) is 9.33. The maximum atomic E-state index is 13.5. The maximum Gasteiger partial charge on any atom is 0.282 e. The number of rotatable bonds is 5. The van der Waals surface area contributed by atoms with E-state index < -0.39 is 17.6 Å². The number of likely N-dealkylation sites (N-methyl/N-ethyl adjacent to an activating group) is 1. The number of carbonyl (C=O) groups excluding carboxylic acids is 2. The molecule has 0 atom stereocenters. The minimum Gasteiger partial charge on any atom is -0.497 e. The van der Waals surface area contributed by atoms with Crippen LogP contribution < -0.4 is 14.5 Å². The smallest absolute Gasteiger partial charge is 0.282 e. The van der Waals surface area contributed by atoms with Crippen molar-refractivity contribution in [3.63, 3.8) is 0 Å². The minimum atomic E-state index is -0.463. The molecule has 2 amide bonds. The fourth-order valence-electron chi connectivity index (χ4n) is 3.45. The van der Waals surface area contributed by atoms with Crippen molar-refractivity contribution < 1.29 is 18.7 Å². The second kappa shape index (κ2) is 7.83. The fraction of sp³-hybridized carbons (Fsp3) is 0.0833. The number of hydrogen-bond donors (Lipinski definition) is 0. The zero-order chi connectivity index (χ0) is 21.3. The summed E-state index contributed by atoms with van der Waals surface area (Å²) in [5.74, 6) is -0.710. The van der Waals surface area contributed by atoms with E-state index in [1.807, 2.05) is 30.3 Å². The molecule has 0 aliphatic carbocycles. The summed E-state index contributed by atoms with van der Waals surface area (Å²) in [5.41, 5.74) is 2.12. The summed E-state index contributed by atoms with van der Waals surface area (Å²) >= 11 is 0. The van der Waals surface area contributed by atoms with Gasteiger partial charge in [-0.15, -0.1) is 0 Å². The predicted octanol–water partition coefficient (Wildman–Crippen LogP) is 4.26. The monoisotopic (exact) mass is 402 g/mol. The first-order chi connectivity index (χ1) is 14.5. The molecule has 150 valence electrons. The SMILES string of the molecule is COc1ccc(N2C(=O)C(c3ccc(F)cc3)=C(N(C)c3ccccc3)C2=O)cc1. The van der Waals surface area contributed by atoms with Crippen LogP contribution in [0.15, 0.2) is 84.6 Å². The first kappa shape index (κ1) is 19.4. The van der Waals surface area contributed by atoms with Gasteiger partial charge in [0.2, 0.25) is 0 Å². The number of hydrogen-bond acceptors (Lipinski definition) is 4. The summed E-state index contributed by atoms with van der Waals surface area (Å²) in [7, 11) is 3.28. The van der Waals surface area contributed by atoms with E-state index in [2.05, 4.69) is 0 Å². The van der Waals surface area contributed by atoms with Crippen LogP contribution in [0.25, 0.3) is 5.57 Å². The topological polar surface area (TPSA) is 49.9 Å². The lowest BCUT2D eigenvalue weighted by atomic mass is 10.0. The molecule has 3 aromatic rings. The summed E-state index contributed by atoms with van der Waals surface area (Å²) in [6.07, 6.45) is 0. The molecule has 1 heterocycles. The average molecular weight is 402 g/mol. The number of halogens is 1. The predicted molar refractivity (Wildman–Crippen MR) is 114 cm³/mol. The van der Waals surface area contributed by atoms with Crippen LogP contribution in [0.4, 0.5) is 15.8 Å². The summed E-state index contributed by atoms with van der Waals surface area (Å²) in [6, 6.07) is 21.5. The molecule has 4 rings (SSSR count). The largest absolute Gasteiger partial charge is 0.497 e. The van der Waals surface area contributed by atoms with Crippen LogP contribution in [-0.4, -0.2) is 26.0 Å². The highest BCUT2D eigenvalue weighted by Crippen LogP contribution is 2.36. The maximum absolute atomic E-state index is 13.5. The molecule has 0 aromatic heterocycles. The highest BCUT2D eigenvalue weighted by molar-refractivity contribution is 6.46. The van der Waals surface area contributed by atoms with Crippen molar-refractivity contribution in [1.29, 1.82) is 0 Å². The molecule has 6 heteroatoms. The molecule has 1 aliphatic rings. The van der Waals surface area contributed by atoms with Crippen LogP contribution in [0, 0.1) is 5.82 Å². The normalized spacial score (nSPS) is 13.8. The standard InChI is InChI=1S/C24H19FN2O3/c1-26(18-6-4-3-5-7-18)22-21(16-8-10-17(25)11-9-16)23(28)27(24(22)29)19-12-14-20(30-2)15-13-19/h3-15H,1-2H3. The number of benzene rings is 3. The van der Waals surface area contributed by atoms with Crippen LogP contribution >= 0.6 is 0 Å². The van der Waals surface area contributed by atoms with Gasteiger partial charge in [-0.05, 0) is 54.1 Å². The first-order valence-corrected chi connectivity index (χ1v) is 9.33. The second-order valence-electron chi connectivity index (χ2n) is 6.77. The van der Waals surface area contributed by atoms with Crippen LogP contribution in [0.1, 0.15) is 5.56 Å². The lowest BCUT2D eigenvalue weighted by Crippen LogP contribution is -2.34. The van der Waals surface area contributed by atoms with Gasteiger partial charge in [-0.2, -0.15) is 0 Å². The van der Waals surface area contributed by atoms with Gasteiger partial charge < -0.3 is 9.64 Å². The van der Waals surface area contributed by atoms with Crippen LogP contribution in [-0.2, 0) is 9.59 Å². The Morgan fingerprint density at radius 3 is 2.07 bits per heavy atom. The van der Waals surface area contributed by atoms with Gasteiger partial charge in [-0.1, -0.05) is 30.3 Å². The Morgan fingerprint density at radius 2 is 1.47 bits per heavy atom. The minimum absolute atomic E-state index is 0.224. The Bertz CT molecular complexity index is 1120. The number of ether oxygens (including phenoxy) is 1.